The highest BCUT2D eigenvalue weighted by molar-refractivity contribution is 7.09. The van der Waals surface area contributed by atoms with E-state index in [0.717, 1.165) is 11.5 Å². The Morgan fingerprint density at radius 1 is 1.65 bits per heavy atom. The number of aliphatic carboxylic acids is 1. The van der Waals surface area contributed by atoms with Crippen molar-refractivity contribution in [2.24, 2.45) is 5.16 Å². The molecule has 0 aliphatic rings. The molecule has 3 N–H and O–H groups in total. The van der Waals surface area contributed by atoms with Gasteiger partial charge in [0.05, 0.1) is 0 Å². The molecule has 0 saturated heterocycles. The average molecular weight is 258 g/mol. The minimum atomic E-state index is -0.915. The molecule has 0 aliphatic heterocycles. The van der Waals surface area contributed by atoms with Crippen molar-refractivity contribution in [1.82, 2.24) is 9.36 Å². The van der Waals surface area contributed by atoms with Crippen LogP contribution in [0.1, 0.15) is 18.7 Å². The molecule has 1 rings (SSSR count). The second-order valence-corrected chi connectivity index (χ2v) is 3.66. The van der Waals surface area contributed by atoms with Gasteiger partial charge in [0.25, 0.3) is 0 Å². The van der Waals surface area contributed by atoms with Gasteiger partial charge in [0.15, 0.2) is 23.0 Å². The lowest BCUT2D eigenvalue weighted by atomic mass is 10.3. The molecule has 0 amide bonds. The summed E-state index contributed by atoms with van der Waals surface area (Å²) >= 11 is 0.939. The van der Waals surface area contributed by atoms with Gasteiger partial charge in [-0.25, -0.2) is 0 Å². The molecule has 0 aromatic carbocycles. The van der Waals surface area contributed by atoms with E-state index in [1.165, 1.54) is 0 Å². The molecule has 0 radical (unpaired) electrons. The first kappa shape index (κ1) is 13.0. The molecule has 0 aliphatic carbocycles. The Morgan fingerprint density at radius 3 is 2.94 bits per heavy atom. The van der Waals surface area contributed by atoms with Gasteiger partial charge in [-0.15, -0.1) is 0 Å². The van der Waals surface area contributed by atoms with E-state index >= 15 is 0 Å². The number of hydrogen-bond donors (Lipinski definition) is 2. The van der Waals surface area contributed by atoms with Crippen molar-refractivity contribution in [3.05, 3.63) is 5.82 Å². The van der Waals surface area contributed by atoms with Gasteiger partial charge in [-0.05, 0) is 6.42 Å². The van der Waals surface area contributed by atoms with Crippen LogP contribution in [0.2, 0.25) is 0 Å². The van der Waals surface area contributed by atoms with Crippen LogP contribution >= 0.6 is 11.5 Å². The van der Waals surface area contributed by atoms with Crippen LogP contribution in [-0.4, -0.2) is 39.0 Å². The summed E-state index contributed by atoms with van der Waals surface area (Å²) in [5, 5.41) is 12.1. The first-order valence-electron chi connectivity index (χ1n) is 4.60. The van der Waals surface area contributed by atoms with Crippen molar-refractivity contribution < 1.29 is 19.5 Å². The Balaban J connectivity index is 2.45. The maximum Gasteiger partial charge on any atom is 0.303 e. The van der Waals surface area contributed by atoms with Crippen LogP contribution in [0.15, 0.2) is 5.16 Å². The van der Waals surface area contributed by atoms with Crippen LogP contribution in [0, 0.1) is 0 Å². The van der Waals surface area contributed by atoms with Gasteiger partial charge in [-0.3, -0.25) is 9.59 Å². The van der Waals surface area contributed by atoms with E-state index < -0.39 is 5.97 Å². The number of anilines is 1. The fraction of sp³-hybridized carbons (Fsp3) is 0.375. The van der Waals surface area contributed by atoms with Crippen LogP contribution in [0.3, 0.4) is 0 Å². The van der Waals surface area contributed by atoms with Crippen molar-refractivity contribution in [2.75, 3.05) is 12.3 Å². The van der Waals surface area contributed by atoms with Gasteiger partial charge in [0.1, 0.15) is 6.61 Å². The largest absolute Gasteiger partial charge is 0.481 e. The molecule has 0 bridgehead atoms. The number of rotatable bonds is 7. The Hall–Kier alpha value is -2.03. The normalized spacial score (nSPS) is 11.2. The van der Waals surface area contributed by atoms with Crippen molar-refractivity contribution in [3.8, 4) is 0 Å². The summed E-state index contributed by atoms with van der Waals surface area (Å²) in [6.45, 7) is 0.100. The number of aromatic nitrogens is 2. The summed E-state index contributed by atoms with van der Waals surface area (Å²) in [7, 11) is 0. The van der Waals surface area contributed by atoms with E-state index in [1.807, 2.05) is 0 Å². The molecular formula is C8H10N4O4S. The molecule has 92 valence electrons. The average Bonchev–Trinajstić information content (AvgIpc) is 2.70. The van der Waals surface area contributed by atoms with Crippen molar-refractivity contribution in [2.45, 2.75) is 12.8 Å². The van der Waals surface area contributed by atoms with Crippen molar-refractivity contribution >= 4 is 34.6 Å². The van der Waals surface area contributed by atoms with E-state index in [4.69, 9.17) is 15.7 Å². The van der Waals surface area contributed by atoms with Crippen LogP contribution < -0.4 is 5.73 Å². The number of nitrogens with two attached hydrogens (primary N) is 1. The number of oxime groups is 1. The fourth-order valence-corrected chi connectivity index (χ4v) is 1.30. The SMILES string of the molecule is Nc1nc(C(C=O)=NOCCCC(=O)O)ns1. The smallest absolute Gasteiger partial charge is 0.303 e. The zero-order chi connectivity index (χ0) is 12.7. The van der Waals surface area contributed by atoms with Gasteiger partial charge in [0, 0.05) is 18.0 Å². The second kappa shape index (κ2) is 6.53. The summed E-state index contributed by atoms with van der Waals surface area (Å²) < 4.78 is 3.78. The quantitative estimate of drug-likeness (QED) is 0.302. The number of aldehydes is 1. The van der Waals surface area contributed by atoms with E-state index in [2.05, 4.69) is 14.5 Å². The summed E-state index contributed by atoms with van der Waals surface area (Å²) in [5.74, 6) is -0.817. The topological polar surface area (TPSA) is 128 Å². The molecule has 0 spiro atoms. The molecule has 0 saturated carbocycles. The number of hydrogen-bond acceptors (Lipinski definition) is 8. The van der Waals surface area contributed by atoms with Gasteiger partial charge in [-0.1, -0.05) is 5.16 Å². The number of nitrogen functional groups attached to an aromatic ring is 1. The highest BCUT2D eigenvalue weighted by atomic mass is 32.1. The van der Waals surface area contributed by atoms with Crippen molar-refractivity contribution in [3.63, 3.8) is 0 Å². The third-order valence-electron chi connectivity index (χ3n) is 1.57. The summed E-state index contributed by atoms with van der Waals surface area (Å²) in [4.78, 5) is 29.4. The zero-order valence-corrected chi connectivity index (χ0v) is 9.51. The van der Waals surface area contributed by atoms with E-state index in [9.17, 15) is 9.59 Å². The van der Waals surface area contributed by atoms with E-state index in [0.29, 0.717) is 12.7 Å². The fourth-order valence-electron chi connectivity index (χ4n) is 0.857. The minimum Gasteiger partial charge on any atom is -0.481 e. The zero-order valence-electron chi connectivity index (χ0n) is 8.70. The predicted molar refractivity (Wildman–Crippen MR) is 59.7 cm³/mol. The molecule has 0 unspecified atom stereocenters. The predicted octanol–water partition coefficient (Wildman–Crippen LogP) is -0.0953. The van der Waals surface area contributed by atoms with Crippen LogP contribution in [-0.2, 0) is 14.4 Å². The molecule has 0 atom stereocenters. The third-order valence-corrected chi connectivity index (χ3v) is 2.11. The molecule has 1 aromatic heterocycles. The van der Waals surface area contributed by atoms with Crippen LogP contribution in [0.5, 0.6) is 0 Å². The maximum absolute atomic E-state index is 10.7. The Morgan fingerprint density at radius 2 is 2.41 bits per heavy atom. The maximum atomic E-state index is 10.7. The summed E-state index contributed by atoms with van der Waals surface area (Å²) in [5.41, 5.74) is 5.27. The van der Waals surface area contributed by atoms with Crippen LogP contribution in [0.4, 0.5) is 5.13 Å². The van der Waals surface area contributed by atoms with Crippen molar-refractivity contribution in [1.29, 1.82) is 0 Å². The highest BCUT2D eigenvalue weighted by Crippen LogP contribution is 2.06. The van der Waals surface area contributed by atoms with E-state index in [-0.39, 0.29) is 29.7 Å². The number of carboxylic acid groups (broad SMARTS) is 1. The first-order valence-corrected chi connectivity index (χ1v) is 5.37. The second-order valence-electron chi connectivity index (χ2n) is 2.88. The molecule has 9 heteroatoms. The number of carboxylic acids is 1. The monoisotopic (exact) mass is 258 g/mol. The van der Waals surface area contributed by atoms with Gasteiger partial charge in [-0.2, -0.15) is 9.36 Å². The van der Waals surface area contributed by atoms with Gasteiger partial charge < -0.3 is 15.7 Å². The molecule has 0 fully saturated rings. The molecule has 1 heterocycles. The van der Waals surface area contributed by atoms with E-state index in [1.54, 1.807) is 0 Å². The lowest BCUT2D eigenvalue weighted by Gasteiger charge is -1.97. The number of nitrogens with zero attached hydrogens (tertiary/aromatic N) is 3. The first-order chi connectivity index (χ1) is 8.13. The number of carbonyl (C=O) groups is 2. The molecular weight excluding hydrogens is 248 g/mol. The molecule has 8 nitrogen and oxygen atoms in total. The Kier molecular flexibility index (Phi) is 5.01. The standard InChI is InChI=1S/C8H10N4O4S/c9-8-10-7(12-17-8)5(4-13)11-16-3-1-2-6(14)15/h4H,1-3H2,(H,14,15)(H2,9,10,12). The molecule has 17 heavy (non-hydrogen) atoms. The summed E-state index contributed by atoms with van der Waals surface area (Å²) in [6, 6.07) is 0. The highest BCUT2D eigenvalue weighted by Gasteiger charge is 2.09. The Bertz CT molecular complexity index is 431. The number of carbonyl (C=O) groups excluding carboxylic acids is 1. The van der Waals surface area contributed by atoms with Gasteiger partial charge >= 0.3 is 5.97 Å². The lowest BCUT2D eigenvalue weighted by Crippen LogP contribution is -2.07. The molecule has 1 aromatic rings. The van der Waals surface area contributed by atoms with Gasteiger partial charge in [0.2, 0.25) is 0 Å². The minimum absolute atomic E-state index is 0.0200. The lowest BCUT2D eigenvalue weighted by molar-refractivity contribution is -0.137. The van der Waals surface area contributed by atoms with Crippen LogP contribution in [0.25, 0.3) is 0 Å². The third kappa shape index (κ3) is 4.55. The Labute approximate surface area is 100 Å². The summed E-state index contributed by atoms with van der Waals surface area (Å²) in [6.07, 6.45) is 0.726.